The minimum absolute atomic E-state index is 0.00409. The lowest BCUT2D eigenvalue weighted by atomic mass is 10.1. The van der Waals surface area contributed by atoms with Crippen LogP contribution < -0.4 is 24.8 Å². The second-order valence-corrected chi connectivity index (χ2v) is 15.5. The van der Waals surface area contributed by atoms with E-state index in [0.717, 1.165) is 25.0 Å². The molecule has 6 rings (SSSR count). The first kappa shape index (κ1) is 35.3. The van der Waals surface area contributed by atoms with Crippen molar-refractivity contribution in [2.24, 2.45) is 5.92 Å². The lowest BCUT2D eigenvalue weighted by Crippen LogP contribution is -2.57. The van der Waals surface area contributed by atoms with Crippen LogP contribution in [0, 0.1) is 11.7 Å². The van der Waals surface area contributed by atoms with Crippen LogP contribution >= 0.6 is 0 Å². The summed E-state index contributed by atoms with van der Waals surface area (Å²) in [6, 6.07) is 5.46. The Hall–Kier alpha value is -4.53. The van der Waals surface area contributed by atoms with Gasteiger partial charge in [-0.25, -0.2) is 22.5 Å². The van der Waals surface area contributed by atoms with E-state index in [0.29, 0.717) is 30.5 Å². The molecule has 15 heteroatoms. The van der Waals surface area contributed by atoms with Gasteiger partial charge in [-0.2, -0.15) is 5.10 Å². The SMILES string of the molecule is COc1ccc2c(OCC[C@@H]3NC(=O)CCCCC/C=C\[C@@H]4C[C@@]4(C(=O)NS(=O)(=O)C4CC4)NC3=O)cc(-n3ccc(C(C)C)n3)nc2c1F. The predicted octanol–water partition coefficient (Wildman–Crippen LogP) is 3.95. The van der Waals surface area contributed by atoms with Gasteiger partial charge in [0.15, 0.2) is 17.4 Å². The molecule has 3 aliphatic rings. The maximum absolute atomic E-state index is 15.5. The third kappa shape index (κ3) is 7.62. The van der Waals surface area contributed by atoms with Gasteiger partial charge >= 0.3 is 0 Å². The molecule has 3 atom stereocenters. The number of benzene rings is 1. The molecule has 50 heavy (non-hydrogen) atoms. The molecule has 3 aromatic rings. The van der Waals surface area contributed by atoms with Crippen LogP contribution in [0.5, 0.6) is 11.5 Å². The number of halogens is 1. The van der Waals surface area contributed by atoms with Gasteiger partial charge in [-0.1, -0.05) is 32.4 Å². The molecule has 2 fully saturated rings. The van der Waals surface area contributed by atoms with Gasteiger partial charge in [0.25, 0.3) is 5.91 Å². The van der Waals surface area contributed by atoms with Crippen molar-refractivity contribution in [1.82, 2.24) is 30.1 Å². The van der Waals surface area contributed by atoms with Crippen molar-refractivity contribution in [3.05, 3.63) is 54.1 Å². The average molecular weight is 711 g/mol. The topological polar surface area (TPSA) is 171 Å². The first-order valence-corrected chi connectivity index (χ1v) is 18.7. The minimum atomic E-state index is -3.86. The molecule has 2 aliphatic carbocycles. The Bertz CT molecular complexity index is 1930. The Morgan fingerprint density at radius 1 is 1.16 bits per heavy atom. The second kappa shape index (κ2) is 14.4. The Balaban J connectivity index is 1.25. The number of ether oxygens (including phenoxy) is 2. The number of aromatic nitrogens is 3. The molecule has 13 nitrogen and oxygen atoms in total. The quantitative estimate of drug-likeness (QED) is 0.264. The van der Waals surface area contributed by atoms with Gasteiger partial charge < -0.3 is 20.1 Å². The number of pyridine rings is 1. The van der Waals surface area contributed by atoms with Crippen LogP contribution in [0.2, 0.25) is 0 Å². The summed E-state index contributed by atoms with van der Waals surface area (Å²) in [6.07, 6.45) is 9.96. The number of carbonyl (C=O) groups is 3. The van der Waals surface area contributed by atoms with Crippen LogP contribution in [0.1, 0.15) is 83.2 Å². The van der Waals surface area contributed by atoms with Crippen LogP contribution in [0.15, 0.2) is 42.6 Å². The molecule has 0 saturated heterocycles. The average Bonchev–Trinajstić information content (AvgIpc) is 4.00. The Morgan fingerprint density at radius 3 is 2.68 bits per heavy atom. The van der Waals surface area contributed by atoms with Gasteiger partial charge in [0.2, 0.25) is 21.8 Å². The first-order chi connectivity index (χ1) is 23.9. The summed E-state index contributed by atoms with van der Waals surface area (Å²) in [4.78, 5) is 44.8. The van der Waals surface area contributed by atoms with E-state index in [9.17, 15) is 22.8 Å². The largest absolute Gasteiger partial charge is 0.494 e. The number of hydrogen-bond donors (Lipinski definition) is 3. The van der Waals surface area contributed by atoms with Crippen LogP contribution in [0.4, 0.5) is 4.39 Å². The number of rotatable bonds is 10. The zero-order valence-corrected chi connectivity index (χ0v) is 29.2. The molecular weight excluding hydrogens is 667 g/mol. The smallest absolute Gasteiger partial charge is 0.259 e. The number of nitrogens with zero attached hydrogens (tertiary/aromatic N) is 3. The Kier molecular flexibility index (Phi) is 10.1. The zero-order chi connectivity index (χ0) is 35.6. The fourth-order valence-electron chi connectivity index (χ4n) is 6.14. The van der Waals surface area contributed by atoms with E-state index >= 15 is 4.39 Å². The van der Waals surface area contributed by atoms with Gasteiger partial charge in [0, 0.05) is 36.4 Å². The summed E-state index contributed by atoms with van der Waals surface area (Å²) in [5.74, 6) is -2.09. The van der Waals surface area contributed by atoms with Crippen molar-refractivity contribution >= 4 is 38.6 Å². The summed E-state index contributed by atoms with van der Waals surface area (Å²) in [6.45, 7) is 3.92. The van der Waals surface area contributed by atoms with Crippen molar-refractivity contribution in [3.63, 3.8) is 0 Å². The van der Waals surface area contributed by atoms with E-state index in [1.165, 1.54) is 17.9 Å². The number of fused-ring (bicyclic) bond motifs is 2. The summed E-state index contributed by atoms with van der Waals surface area (Å²) in [5, 5.41) is 9.90. The molecule has 0 unspecified atom stereocenters. The van der Waals surface area contributed by atoms with E-state index in [-0.39, 0.29) is 54.7 Å². The van der Waals surface area contributed by atoms with Gasteiger partial charge in [-0.05, 0) is 62.6 Å². The molecule has 0 spiro atoms. The minimum Gasteiger partial charge on any atom is -0.494 e. The first-order valence-electron chi connectivity index (χ1n) is 17.1. The van der Waals surface area contributed by atoms with Crippen LogP contribution in [0.3, 0.4) is 0 Å². The highest BCUT2D eigenvalue weighted by Crippen LogP contribution is 2.46. The summed E-state index contributed by atoms with van der Waals surface area (Å²) < 4.78 is 55.9. The van der Waals surface area contributed by atoms with E-state index in [1.807, 2.05) is 32.1 Å². The fourth-order valence-corrected chi connectivity index (χ4v) is 7.51. The van der Waals surface area contributed by atoms with Gasteiger partial charge in [-0.3, -0.25) is 19.1 Å². The third-order valence-electron chi connectivity index (χ3n) is 9.41. The summed E-state index contributed by atoms with van der Waals surface area (Å²) in [5.41, 5.74) is -0.639. The van der Waals surface area contributed by atoms with Gasteiger partial charge in [-0.15, -0.1) is 0 Å². The third-order valence-corrected chi connectivity index (χ3v) is 11.2. The Labute approximate surface area is 290 Å². The van der Waals surface area contributed by atoms with Gasteiger partial charge in [0.05, 0.1) is 24.7 Å². The molecule has 1 aliphatic heterocycles. The number of nitrogens with one attached hydrogen (secondary N) is 3. The van der Waals surface area contributed by atoms with Gasteiger partial charge in [0.1, 0.15) is 22.8 Å². The van der Waals surface area contributed by atoms with Crippen LogP contribution in [-0.2, 0) is 24.4 Å². The second-order valence-electron chi connectivity index (χ2n) is 13.5. The maximum Gasteiger partial charge on any atom is 0.259 e. The fraction of sp³-hybridized carbons (Fsp3) is 0.514. The van der Waals surface area contributed by atoms with Crippen LogP contribution in [0.25, 0.3) is 16.7 Å². The molecule has 0 radical (unpaired) electrons. The van der Waals surface area contributed by atoms with E-state index in [2.05, 4.69) is 25.4 Å². The molecule has 1 aromatic carbocycles. The number of sulfonamides is 1. The number of amides is 3. The highest BCUT2D eigenvalue weighted by Gasteiger charge is 2.61. The van der Waals surface area contributed by atoms with Crippen molar-refractivity contribution in [2.75, 3.05) is 13.7 Å². The number of allylic oxidation sites excluding steroid dienone is 1. The molecule has 3 heterocycles. The number of carbonyl (C=O) groups excluding carboxylic acids is 3. The van der Waals surface area contributed by atoms with E-state index < -0.39 is 50.4 Å². The molecule has 2 saturated carbocycles. The number of hydrogen-bond acceptors (Lipinski definition) is 9. The van der Waals surface area contributed by atoms with Crippen molar-refractivity contribution in [3.8, 4) is 17.3 Å². The van der Waals surface area contributed by atoms with Crippen molar-refractivity contribution in [2.45, 2.75) is 94.4 Å². The molecule has 2 aromatic heterocycles. The maximum atomic E-state index is 15.5. The lowest BCUT2D eigenvalue weighted by molar-refractivity contribution is -0.132. The normalized spacial score (nSPS) is 23.7. The highest BCUT2D eigenvalue weighted by atomic mass is 32.2. The Morgan fingerprint density at radius 2 is 1.96 bits per heavy atom. The monoisotopic (exact) mass is 710 g/mol. The lowest BCUT2D eigenvalue weighted by Gasteiger charge is -2.24. The van der Waals surface area contributed by atoms with Crippen LogP contribution in [-0.4, -0.2) is 71.5 Å². The summed E-state index contributed by atoms with van der Waals surface area (Å²) >= 11 is 0. The predicted molar refractivity (Wildman–Crippen MR) is 183 cm³/mol. The summed E-state index contributed by atoms with van der Waals surface area (Å²) in [7, 11) is -2.50. The van der Waals surface area contributed by atoms with E-state index in [4.69, 9.17) is 9.47 Å². The molecule has 3 amide bonds. The zero-order valence-electron chi connectivity index (χ0n) is 28.4. The number of methoxy groups -OCH3 is 1. The van der Waals surface area contributed by atoms with E-state index in [1.54, 1.807) is 18.3 Å². The van der Waals surface area contributed by atoms with Crippen molar-refractivity contribution < 1.29 is 36.7 Å². The standard InChI is InChI=1S/C35H43FN6O7S/c1-21(2)25-15-17-42(40-25)29-19-28(24-13-14-27(48-3)31(36)32(24)38-29)49-18-16-26-33(44)39-35(34(45)41-50(46,47)23-11-12-23)20-22(35)9-7-5-4-6-8-10-30(43)37-26/h7,9,13-15,17,19,21-23,26H,4-6,8,10-12,16,18,20H2,1-3H3,(H,37,43)(H,39,44)(H,41,45)/b9-7-/t22-,26+,35-/m1/s1. The molecule has 3 N–H and O–H groups in total. The molecule has 268 valence electrons. The molecule has 0 bridgehead atoms. The molecular formula is C35H43FN6O7S. The highest BCUT2D eigenvalue weighted by molar-refractivity contribution is 7.91. The van der Waals surface area contributed by atoms with Crippen molar-refractivity contribution in [1.29, 1.82) is 0 Å².